The third-order valence-electron chi connectivity index (χ3n) is 4.57. The second-order valence-corrected chi connectivity index (χ2v) is 7.01. The minimum Gasteiger partial charge on any atom is -0.478 e. The number of nitrogens with zero attached hydrogens (tertiary/aromatic N) is 4. The Kier molecular flexibility index (Phi) is 4.39. The van der Waals surface area contributed by atoms with Crippen LogP contribution in [0.3, 0.4) is 0 Å². The molecule has 0 fully saturated rings. The minimum atomic E-state index is -1.01. The summed E-state index contributed by atoms with van der Waals surface area (Å²) in [7, 11) is 0. The van der Waals surface area contributed by atoms with Crippen LogP contribution in [0.15, 0.2) is 42.6 Å². The van der Waals surface area contributed by atoms with E-state index in [1.54, 1.807) is 29.3 Å². The summed E-state index contributed by atoms with van der Waals surface area (Å²) in [5.74, 6) is -1.41. The molecule has 4 aromatic rings. The lowest BCUT2D eigenvalue weighted by molar-refractivity contribution is 0.0695. The fraction of sp³-hybridized carbons (Fsp3) is 0.150. The molecule has 8 heteroatoms. The van der Waals surface area contributed by atoms with Gasteiger partial charge in [-0.1, -0.05) is 17.7 Å². The van der Waals surface area contributed by atoms with Gasteiger partial charge < -0.3 is 5.11 Å². The molecule has 2 aromatic carbocycles. The Morgan fingerprint density at radius 1 is 1.21 bits per heavy atom. The normalized spacial score (nSPS) is 11.3. The van der Waals surface area contributed by atoms with Crippen LogP contribution in [-0.4, -0.2) is 30.6 Å². The molecule has 6 nitrogen and oxygen atoms in total. The third-order valence-corrected chi connectivity index (χ3v) is 4.79. The van der Waals surface area contributed by atoms with Gasteiger partial charge in [0.2, 0.25) is 0 Å². The van der Waals surface area contributed by atoms with Crippen molar-refractivity contribution in [2.24, 2.45) is 0 Å². The predicted molar refractivity (Wildman–Crippen MR) is 104 cm³/mol. The second-order valence-electron chi connectivity index (χ2n) is 6.58. The van der Waals surface area contributed by atoms with E-state index in [2.05, 4.69) is 10.2 Å². The van der Waals surface area contributed by atoms with Gasteiger partial charge in [0.1, 0.15) is 11.4 Å². The van der Waals surface area contributed by atoms with E-state index in [0.717, 1.165) is 16.6 Å². The van der Waals surface area contributed by atoms with Gasteiger partial charge in [-0.2, -0.15) is 10.2 Å². The fourth-order valence-corrected chi connectivity index (χ4v) is 3.66. The SMILES string of the molecule is Cc1nn(-c2cccc3nn(Cc4cc(F)cc(Cl)c4)cc23)c(C)c1C(=O)O. The number of hydrogen-bond donors (Lipinski definition) is 1. The number of fused-ring (bicyclic) bond motifs is 1. The Bertz CT molecular complexity index is 1210. The van der Waals surface area contributed by atoms with E-state index in [0.29, 0.717) is 28.5 Å². The molecule has 2 aromatic heterocycles. The molecular weight excluding hydrogens is 383 g/mol. The number of aromatic carboxylic acids is 1. The molecule has 0 atom stereocenters. The summed E-state index contributed by atoms with van der Waals surface area (Å²) in [6.45, 7) is 3.74. The van der Waals surface area contributed by atoms with Crippen molar-refractivity contribution in [3.05, 3.63) is 75.9 Å². The Balaban J connectivity index is 1.80. The molecule has 0 spiro atoms. The van der Waals surface area contributed by atoms with Crippen molar-refractivity contribution < 1.29 is 14.3 Å². The molecule has 0 aliphatic rings. The molecular formula is C20H16ClFN4O2. The van der Waals surface area contributed by atoms with E-state index >= 15 is 0 Å². The number of hydrogen-bond acceptors (Lipinski definition) is 3. The molecule has 0 radical (unpaired) electrons. The van der Waals surface area contributed by atoms with Crippen molar-refractivity contribution in [1.82, 2.24) is 19.6 Å². The summed E-state index contributed by atoms with van der Waals surface area (Å²) in [4.78, 5) is 11.5. The van der Waals surface area contributed by atoms with Gasteiger partial charge in [-0.3, -0.25) is 4.68 Å². The smallest absolute Gasteiger partial charge is 0.339 e. The number of carbonyl (C=O) groups is 1. The highest BCUT2D eigenvalue weighted by molar-refractivity contribution is 6.30. The molecule has 4 rings (SSSR count). The maximum Gasteiger partial charge on any atom is 0.339 e. The van der Waals surface area contributed by atoms with E-state index < -0.39 is 11.8 Å². The molecule has 0 amide bonds. The van der Waals surface area contributed by atoms with Gasteiger partial charge in [0.15, 0.2) is 0 Å². The minimum absolute atomic E-state index is 0.193. The predicted octanol–water partition coefficient (Wildman–Crippen LogP) is 4.38. The van der Waals surface area contributed by atoms with Crippen LogP contribution in [0.5, 0.6) is 0 Å². The number of rotatable bonds is 4. The van der Waals surface area contributed by atoms with Crippen molar-refractivity contribution in [2.75, 3.05) is 0 Å². The zero-order valence-electron chi connectivity index (χ0n) is 15.1. The quantitative estimate of drug-likeness (QED) is 0.553. The number of aryl methyl sites for hydroxylation is 1. The molecule has 0 aliphatic carbocycles. The standard InChI is InChI=1S/C20H16ClFN4O2/c1-11-19(20(27)28)12(2)26(23-11)18-5-3-4-17-16(18)10-25(24-17)9-13-6-14(21)8-15(22)7-13/h3-8,10H,9H2,1-2H3,(H,27,28). The Morgan fingerprint density at radius 2 is 2.00 bits per heavy atom. The molecule has 0 unspecified atom stereocenters. The van der Waals surface area contributed by atoms with Gasteiger partial charge in [-0.15, -0.1) is 0 Å². The van der Waals surface area contributed by atoms with E-state index in [1.165, 1.54) is 12.1 Å². The number of benzene rings is 2. The number of carboxylic acid groups (broad SMARTS) is 1. The second kappa shape index (κ2) is 6.76. The van der Waals surface area contributed by atoms with Crippen LogP contribution < -0.4 is 0 Å². The van der Waals surface area contributed by atoms with Gasteiger partial charge in [0, 0.05) is 16.6 Å². The Morgan fingerprint density at radius 3 is 2.68 bits per heavy atom. The molecule has 2 heterocycles. The van der Waals surface area contributed by atoms with Crippen LogP contribution in [0.4, 0.5) is 4.39 Å². The highest BCUT2D eigenvalue weighted by Gasteiger charge is 2.20. The van der Waals surface area contributed by atoms with Crippen LogP contribution in [0.2, 0.25) is 5.02 Å². The molecule has 0 saturated carbocycles. The third kappa shape index (κ3) is 3.14. The van der Waals surface area contributed by atoms with Crippen molar-refractivity contribution >= 4 is 28.5 Å². The molecule has 0 bridgehead atoms. The average Bonchev–Trinajstić information content (AvgIpc) is 3.13. The summed E-state index contributed by atoms with van der Waals surface area (Å²) >= 11 is 5.93. The number of halogens is 2. The van der Waals surface area contributed by atoms with Crippen LogP contribution in [0.25, 0.3) is 16.6 Å². The summed E-state index contributed by atoms with van der Waals surface area (Å²) in [6, 6.07) is 9.92. The van der Waals surface area contributed by atoms with E-state index in [4.69, 9.17) is 11.6 Å². The van der Waals surface area contributed by atoms with Crippen molar-refractivity contribution in [3.8, 4) is 5.69 Å². The zero-order valence-corrected chi connectivity index (χ0v) is 15.9. The van der Waals surface area contributed by atoms with Gasteiger partial charge in [-0.25, -0.2) is 13.9 Å². The lowest BCUT2D eigenvalue weighted by Crippen LogP contribution is -2.03. The van der Waals surface area contributed by atoms with Gasteiger partial charge in [-0.05, 0) is 49.7 Å². The first-order valence-corrected chi connectivity index (χ1v) is 8.92. The summed E-state index contributed by atoms with van der Waals surface area (Å²) < 4.78 is 16.9. The first kappa shape index (κ1) is 18.2. The molecule has 0 aliphatic heterocycles. The van der Waals surface area contributed by atoms with Crippen molar-refractivity contribution in [2.45, 2.75) is 20.4 Å². The average molecular weight is 399 g/mol. The summed E-state index contributed by atoms with van der Waals surface area (Å²) in [5, 5.41) is 19.5. The first-order valence-electron chi connectivity index (χ1n) is 8.54. The molecule has 142 valence electrons. The lowest BCUT2D eigenvalue weighted by Gasteiger charge is -2.05. The van der Waals surface area contributed by atoms with E-state index in [-0.39, 0.29) is 5.56 Å². The molecule has 0 saturated heterocycles. The van der Waals surface area contributed by atoms with E-state index in [1.807, 2.05) is 24.4 Å². The van der Waals surface area contributed by atoms with Crippen LogP contribution in [-0.2, 0) is 6.54 Å². The van der Waals surface area contributed by atoms with Gasteiger partial charge in [0.05, 0.1) is 29.1 Å². The summed E-state index contributed by atoms with van der Waals surface area (Å²) in [5.41, 5.74) is 3.34. The van der Waals surface area contributed by atoms with Gasteiger partial charge in [0.25, 0.3) is 0 Å². The topological polar surface area (TPSA) is 72.9 Å². The Hall–Kier alpha value is -3.19. The van der Waals surface area contributed by atoms with Crippen LogP contribution >= 0.6 is 11.6 Å². The molecule has 28 heavy (non-hydrogen) atoms. The highest BCUT2D eigenvalue weighted by atomic mass is 35.5. The maximum atomic E-state index is 13.6. The molecule has 1 N–H and O–H groups in total. The Labute approximate surface area is 164 Å². The number of aromatic nitrogens is 4. The largest absolute Gasteiger partial charge is 0.478 e. The number of carboxylic acids is 1. The monoisotopic (exact) mass is 398 g/mol. The highest BCUT2D eigenvalue weighted by Crippen LogP contribution is 2.25. The van der Waals surface area contributed by atoms with Crippen molar-refractivity contribution in [1.29, 1.82) is 0 Å². The zero-order chi connectivity index (χ0) is 20.0. The van der Waals surface area contributed by atoms with Crippen molar-refractivity contribution in [3.63, 3.8) is 0 Å². The van der Waals surface area contributed by atoms with E-state index in [9.17, 15) is 14.3 Å². The van der Waals surface area contributed by atoms with Crippen LogP contribution in [0, 0.1) is 19.7 Å². The summed E-state index contributed by atoms with van der Waals surface area (Å²) in [6.07, 6.45) is 1.83. The van der Waals surface area contributed by atoms with Crippen LogP contribution in [0.1, 0.15) is 27.3 Å². The fourth-order valence-electron chi connectivity index (χ4n) is 3.42. The van der Waals surface area contributed by atoms with Gasteiger partial charge >= 0.3 is 5.97 Å². The first-order chi connectivity index (χ1) is 13.3. The lowest BCUT2D eigenvalue weighted by atomic mass is 10.2. The maximum absolute atomic E-state index is 13.6.